The van der Waals surface area contributed by atoms with Gasteiger partial charge in [-0.05, 0) is 29.8 Å². The second-order valence-electron chi connectivity index (χ2n) is 6.52. The minimum absolute atomic E-state index is 0.220. The lowest BCUT2D eigenvalue weighted by molar-refractivity contribution is 0.102. The highest BCUT2D eigenvalue weighted by molar-refractivity contribution is 7.99. The molecule has 6 heteroatoms. The van der Waals surface area contributed by atoms with E-state index in [-0.39, 0.29) is 5.91 Å². The average molecular weight is 411 g/mol. The van der Waals surface area contributed by atoms with E-state index in [1.165, 1.54) is 11.8 Å². The number of aromatic nitrogens is 2. The minimum Gasteiger partial charge on any atom is -0.307 e. The van der Waals surface area contributed by atoms with Gasteiger partial charge in [0.1, 0.15) is 11.9 Å². The third-order valence-corrected chi connectivity index (χ3v) is 5.64. The van der Waals surface area contributed by atoms with Gasteiger partial charge >= 0.3 is 0 Å². The molecule has 0 atom stereocenters. The molecule has 0 saturated carbocycles. The quantitative estimate of drug-likeness (QED) is 0.474. The molecular formula is C24H18N4OS. The smallest absolute Gasteiger partial charge is 0.257 e. The molecule has 3 aromatic carbocycles. The normalized spacial score (nSPS) is 10.4. The van der Waals surface area contributed by atoms with Crippen molar-refractivity contribution in [3.8, 4) is 6.07 Å². The van der Waals surface area contributed by atoms with Crippen LogP contribution in [0.25, 0.3) is 0 Å². The lowest BCUT2D eigenvalue weighted by Crippen LogP contribution is -2.17. The Kier molecular flexibility index (Phi) is 5.93. The summed E-state index contributed by atoms with van der Waals surface area (Å²) in [5.74, 6) is 0.406. The Balaban J connectivity index is 1.56. The minimum atomic E-state index is -0.220. The van der Waals surface area contributed by atoms with Gasteiger partial charge in [0.15, 0.2) is 0 Å². The van der Waals surface area contributed by atoms with Gasteiger partial charge in [-0.15, -0.1) is 0 Å². The number of benzene rings is 3. The Morgan fingerprint density at radius 1 is 0.933 bits per heavy atom. The number of nitriles is 1. The van der Waals surface area contributed by atoms with E-state index < -0.39 is 0 Å². The zero-order valence-electron chi connectivity index (χ0n) is 16.0. The molecule has 1 heterocycles. The molecule has 1 N–H and O–H groups in total. The first-order valence-electron chi connectivity index (χ1n) is 9.37. The van der Waals surface area contributed by atoms with E-state index in [2.05, 4.69) is 16.5 Å². The first kappa shape index (κ1) is 19.5. The molecule has 0 fully saturated rings. The van der Waals surface area contributed by atoms with Crippen LogP contribution in [0.15, 0.2) is 101 Å². The molecular weight excluding hydrogens is 392 g/mol. The Labute approximate surface area is 179 Å². The highest BCUT2D eigenvalue weighted by atomic mass is 32.2. The molecule has 30 heavy (non-hydrogen) atoms. The van der Waals surface area contributed by atoms with E-state index in [1.54, 1.807) is 29.1 Å². The third-order valence-electron chi connectivity index (χ3n) is 4.49. The van der Waals surface area contributed by atoms with Gasteiger partial charge < -0.3 is 5.32 Å². The van der Waals surface area contributed by atoms with Crippen molar-refractivity contribution < 1.29 is 4.79 Å². The summed E-state index contributed by atoms with van der Waals surface area (Å²) in [4.78, 5) is 14.6. The summed E-state index contributed by atoms with van der Waals surface area (Å²) in [7, 11) is 0. The number of anilines is 1. The van der Waals surface area contributed by atoms with E-state index in [1.807, 2.05) is 66.7 Å². The van der Waals surface area contributed by atoms with Crippen LogP contribution in [0, 0.1) is 11.3 Å². The largest absolute Gasteiger partial charge is 0.307 e. The molecule has 4 aromatic rings. The van der Waals surface area contributed by atoms with E-state index in [0.717, 1.165) is 15.4 Å². The second-order valence-corrected chi connectivity index (χ2v) is 7.60. The van der Waals surface area contributed by atoms with Gasteiger partial charge in [0.05, 0.1) is 23.9 Å². The number of hydrogen-bond donors (Lipinski definition) is 1. The summed E-state index contributed by atoms with van der Waals surface area (Å²) in [5, 5.41) is 16.6. The van der Waals surface area contributed by atoms with Gasteiger partial charge in [-0.3, -0.25) is 4.79 Å². The fourth-order valence-electron chi connectivity index (χ4n) is 3.01. The Morgan fingerprint density at radius 3 is 2.43 bits per heavy atom. The maximum atomic E-state index is 13.1. The predicted octanol–water partition coefficient (Wildman–Crippen LogP) is 5.21. The summed E-state index contributed by atoms with van der Waals surface area (Å²) in [6.45, 7) is 0.565. The average Bonchev–Trinajstić information content (AvgIpc) is 3.21. The molecule has 0 bridgehead atoms. The van der Waals surface area contributed by atoms with E-state index in [4.69, 9.17) is 0 Å². The van der Waals surface area contributed by atoms with Crippen molar-refractivity contribution in [3.63, 3.8) is 0 Å². The van der Waals surface area contributed by atoms with Crippen molar-refractivity contribution in [2.24, 2.45) is 0 Å². The van der Waals surface area contributed by atoms with Crippen molar-refractivity contribution in [2.45, 2.75) is 16.3 Å². The summed E-state index contributed by atoms with van der Waals surface area (Å²) in [5.41, 5.74) is 2.22. The Bertz CT molecular complexity index is 1210. The van der Waals surface area contributed by atoms with Crippen LogP contribution < -0.4 is 5.32 Å². The van der Waals surface area contributed by atoms with Crippen LogP contribution >= 0.6 is 11.8 Å². The van der Waals surface area contributed by atoms with Gasteiger partial charge in [-0.2, -0.15) is 10.4 Å². The van der Waals surface area contributed by atoms with Crippen LogP contribution in [0.2, 0.25) is 0 Å². The fraction of sp³-hybridized carbons (Fsp3) is 0.0417. The van der Waals surface area contributed by atoms with Crippen LogP contribution in [0.4, 0.5) is 5.82 Å². The standard InChI is InChI=1S/C24H18N4OS/c25-16-19-10-4-6-12-21(19)30-22-13-7-5-11-20(22)24(29)27-23-14-15-26-28(23)17-18-8-2-1-3-9-18/h1-15H,17H2,(H,27,29). The molecule has 0 saturated heterocycles. The summed E-state index contributed by atoms with van der Waals surface area (Å²) in [6.07, 6.45) is 1.67. The summed E-state index contributed by atoms with van der Waals surface area (Å²) < 4.78 is 1.76. The van der Waals surface area contributed by atoms with Crippen molar-refractivity contribution in [2.75, 3.05) is 5.32 Å². The predicted molar refractivity (Wildman–Crippen MR) is 117 cm³/mol. The maximum Gasteiger partial charge on any atom is 0.257 e. The third kappa shape index (κ3) is 4.43. The van der Waals surface area contributed by atoms with Gasteiger partial charge in [-0.1, -0.05) is 66.4 Å². The monoisotopic (exact) mass is 410 g/mol. The lowest BCUT2D eigenvalue weighted by Gasteiger charge is -2.12. The number of amides is 1. The first-order chi connectivity index (χ1) is 14.7. The molecule has 5 nitrogen and oxygen atoms in total. The zero-order chi connectivity index (χ0) is 20.8. The molecule has 1 amide bonds. The molecule has 0 spiro atoms. The molecule has 0 aliphatic rings. The van der Waals surface area contributed by atoms with E-state index in [0.29, 0.717) is 23.5 Å². The number of carbonyl (C=O) groups excluding carboxylic acids is 1. The zero-order valence-corrected chi connectivity index (χ0v) is 16.8. The number of hydrogen-bond acceptors (Lipinski definition) is 4. The van der Waals surface area contributed by atoms with E-state index in [9.17, 15) is 10.1 Å². The topological polar surface area (TPSA) is 70.7 Å². The van der Waals surface area contributed by atoms with E-state index >= 15 is 0 Å². The van der Waals surface area contributed by atoms with Crippen molar-refractivity contribution in [1.29, 1.82) is 5.26 Å². The summed E-state index contributed by atoms with van der Waals surface area (Å²) >= 11 is 1.41. The highest BCUT2D eigenvalue weighted by Crippen LogP contribution is 2.32. The van der Waals surface area contributed by atoms with Crippen LogP contribution in [0.1, 0.15) is 21.5 Å². The van der Waals surface area contributed by atoms with Gasteiger partial charge in [0.25, 0.3) is 5.91 Å². The molecule has 0 aliphatic heterocycles. The van der Waals surface area contributed by atoms with Gasteiger partial charge in [-0.25, -0.2) is 4.68 Å². The summed E-state index contributed by atoms with van der Waals surface area (Å²) in [6, 6.07) is 28.7. The van der Waals surface area contributed by atoms with Crippen LogP contribution in [-0.2, 0) is 6.54 Å². The molecule has 0 aliphatic carbocycles. The SMILES string of the molecule is N#Cc1ccccc1Sc1ccccc1C(=O)Nc1ccnn1Cc1ccccc1. The molecule has 146 valence electrons. The van der Waals surface area contributed by atoms with Crippen molar-refractivity contribution in [3.05, 3.63) is 108 Å². The van der Waals surface area contributed by atoms with Crippen LogP contribution in [0.5, 0.6) is 0 Å². The number of nitrogens with zero attached hydrogens (tertiary/aromatic N) is 3. The number of nitrogens with one attached hydrogen (secondary N) is 1. The number of rotatable bonds is 6. The van der Waals surface area contributed by atoms with Crippen LogP contribution in [-0.4, -0.2) is 15.7 Å². The lowest BCUT2D eigenvalue weighted by atomic mass is 10.2. The molecule has 4 rings (SSSR count). The Hall–Kier alpha value is -3.82. The van der Waals surface area contributed by atoms with Gasteiger partial charge in [0.2, 0.25) is 0 Å². The van der Waals surface area contributed by atoms with Gasteiger partial charge in [0, 0.05) is 15.9 Å². The Morgan fingerprint density at radius 2 is 1.63 bits per heavy atom. The van der Waals surface area contributed by atoms with Crippen molar-refractivity contribution in [1.82, 2.24) is 9.78 Å². The molecule has 1 aromatic heterocycles. The van der Waals surface area contributed by atoms with Crippen molar-refractivity contribution >= 4 is 23.5 Å². The van der Waals surface area contributed by atoms with Crippen LogP contribution in [0.3, 0.4) is 0 Å². The molecule has 0 radical (unpaired) electrons. The maximum absolute atomic E-state index is 13.1. The first-order valence-corrected chi connectivity index (χ1v) is 10.2. The molecule has 0 unspecified atom stereocenters. The fourth-order valence-corrected chi connectivity index (χ4v) is 4.04. The second kappa shape index (κ2) is 9.12. The highest BCUT2D eigenvalue weighted by Gasteiger charge is 2.15. The number of carbonyl (C=O) groups is 1.